The normalized spacial score (nSPS) is 10.9. The Hall–Kier alpha value is -3.04. The van der Waals surface area contributed by atoms with Gasteiger partial charge in [-0.1, -0.05) is 70.2 Å². The lowest BCUT2D eigenvalue weighted by Gasteiger charge is -1.99. The molecule has 0 unspecified atom stereocenters. The van der Waals surface area contributed by atoms with E-state index in [-0.39, 0.29) is 11.5 Å². The van der Waals surface area contributed by atoms with E-state index >= 15 is 0 Å². The van der Waals surface area contributed by atoms with E-state index in [0.717, 1.165) is 10.1 Å². The SMILES string of the molecule is Cc1cccc(CSc2nnc(NC(=O)c3cc(-c4ccc(C)c(F)c4)on3)s2)c1. The zero-order valence-corrected chi connectivity index (χ0v) is 17.8. The third-order valence-electron chi connectivity index (χ3n) is 4.27. The van der Waals surface area contributed by atoms with Crippen LogP contribution in [-0.4, -0.2) is 21.3 Å². The predicted molar refractivity (Wildman–Crippen MR) is 115 cm³/mol. The second kappa shape index (κ2) is 8.76. The Labute approximate surface area is 180 Å². The molecule has 0 bridgehead atoms. The first-order valence-corrected chi connectivity index (χ1v) is 10.8. The van der Waals surface area contributed by atoms with Crippen molar-refractivity contribution in [2.75, 3.05) is 5.32 Å². The number of halogens is 1. The van der Waals surface area contributed by atoms with Crippen LogP contribution in [0.15, 0.2) is 57.4 Å². The molecule has 30 heavy (non-hydrogen) atoms. The van der Waals surface area contributed by atoms with E-state index in [9.17, 15) is 9.18 Å². The van der Waals surface area contributed by atoms with Crippen molar-refractivity contribution < 1.29 is 13.7 Å². The van der Waals surface area contributed by atoms with Gasteiger partial charge < -0.3 is 4.52 Å². The Kier molecular flexibility index (Phi) is 5.91. The van der Waals surface area contributed by atoms with Gasteiger partial charge >= 0.3 is 0 Å². The van der Waals surface area contributed by atoms with Crippen LogP contribution in [0.5, 0.6) is 0 Å². The molecule has 9 heteroatoms. The highest BCUT2D eigenvalue weighted by molar-refractivity contribution is 8.00. The van der Waals surface area contributed by atoms with Crippen molar-refractivity contribution in [3.8, 4) is 11.3 Å². The maximum absolute atomic E-state index is 13.8. The van der Waals surface area contributed by atoms with E-state index in [1.54, 1.807) is 30.8 Å². The van der Waals surface area contributed by atoms with Gasteiger partial charge in [0.1, 0.15) is 5.82 Å². The first-order chi connectivity index (χ1) is 14.5. The molecule has 6 nitrogen and oxygen atoms in total. The smallest absolute Gasteiger partial charge is 0.279 e. The Morgan fingerprint density at radius 1 is 1.17 bits per heavy atom. The Balaban J connectivity index is 1.38. The van der Waals surface area contributed by atoms with Crippen LogP contribution in [0.4, 0.5) is 9.52 Å². The summed E-state index contributed by atoms with van der Waals surface area (Å²) in [5.74, 6) is 0.262. The predicted octanol–water partition coefficient (Wildman–Crippen LogP) is 5.49. The minimum atomic E-state index is -0.469. The summed E-state index contributed by atoms with van der Waals surface area (Å²) in [5, 5.41) is 14.9. The van der Waals surface area contributed by atoms with Crippen molar-refractivity contribution in [2.45, 2.75) is 23.9 Å². The summed E-state index contributed by atoms with van der Waals surface area (Å²) in [7, 11) is 0. The number of hydrogen-bond acceptors (Lipinski definition) is 7. The number of carbonyl (C=O) groups is 1. The second-order valence-electron chi connectivity index (χ2n) is 6.65. The quantitative estimate of drug-likeness (QED) is 0.315. The summed E-state index contributed by atoms with van der Waals surface area (Å²) in [6, 6.07) is 14.4. The van der Waals surface area contributed by atoms with E-state index in [2.05, 4.69) is 45.8 Å². The van der Waals surface area contributed by atoms with E-state index < -0.39 is 5.91 Å². The topological polar surface area (TPSA) is 80.9 Å². The molecule has 1 N–H and O–H groups in total. The average Bonchev–Trinajstić information content (AvgIpc) is 3.38. The third kappa shape index (κ3) is 4.74. The van der Waals surface area contributed by atoms with Gasteiger partial charge in [-0.3, -0.25) is 10.1 Å². The van der Waals surface area contributed by atoms with Crippen LogP contribution >= 0.6 is 23.1 Å². The van der Waals surface area contributed by atoms with Gasteiger partial charge in [0.25, 0.3) is 5.91 Å². The van der Waals surface area contributed by atoms with Crippen molar-refractivity contribution in [2.24, 2.45) is 0 Å². The summed E-state index contributed by atoms with van der Waals surface area (Å²) in [4.78, 5) is 12.4. The highest BCUT2D eigenvalue weighted by Gasteiger charge is 2.16. The minimum Gasteiger partial charge on any atom is -0.355 e. The molecule has 0 aliphatic rings. The number of carbonyl (C=O) groups excluding carboxylic acids is 1. The molecule has 1 amide bonds. The van der Waals surface area contributed by atoms with E-state index in [1.807, 2.05) is 6.07 Å². The number of aryl methyl sites for hydroxylation is 2. The molecule has 4 rings (SSSR count). The molecule has 152 valence electrons. The van der Waals surface area contributed by atoms with Crippen LogP contribution in [-0.2, 0) is 5.75 Å². The largest absolute Gasteiger partial charge is 0.355 e. The highest BCUT2D eigenvalue weighted by Crippen LogP contribution is 2.29. The number of amides is 1. The molecule has 2 aromatic heterocycles. The van der Waals surface area contributed by atoms with Crippen molar-refractivity contribution in [3.63, 3.8) is 0 Å². The van der Waals surface area contributed by atoms with Gasteiger partial charge in [0.15, 0.2) is 15.8 Å². The number of anilines is 1. The van der Waals surface area contributed by atoms with Crippen LogP contribution in [0.2, 0.25) is 0 Å². The van der Waals surface area contributed by atoms with Crippen LogP contribution in [0.25, 0.3) is 11.3 Å². The molecule has 2 aromatic carbocycles. The van der Waals surface area contributed by atoms with Crippen molar-refractivity contribution in [3.05, 3.63) is 76.7 Å². The van der Waals surface area contributed by atoms with Crippen molar-refractivity contribution in [1.82, 2.24) is 15.4 Å². The fourth-order valence-electron chi connectivity index (χ4n) is 2.69. The summed E-state index contributed by atoms with van der Waals surface area (Å²) < 4.78 is 19.7. The molecular weight excluding hydrogens is 423 g/mol. The van der Waals surface area contributed by atoms with Gasteiger partial charge in [-0.2, -0.15) is 0 Å². The van der Waals surface area contributed by atoms with E-state index in [1.165, 1.54) is 34.6 Å². The fraction of sp³-hybridized carbons (Fsp3) is 0.143. The van der Waals surface area contributed by atoms with Gasteiger partial charge in [-0.05, 0) is 31.0 Å². The lowest BCUT2D eigenvalue weighted by Crippen LogP contribution is -2.11. The molecule has 0 aliphatic carbocycles. The summed E-state index contributed by atoms with van der Waals surface area (Å²) in [6.07, 6.45) is 0. The molecular formula is C21H17FN4O2S2. The van der Waals surface area contributed by atoms with Gasteiger partial charge in [0.05, 0.1) is 0 Å². The minimum absolute atomic E-state index is 0.0788. The number of hydrogen-bond donors (Lipinski definition) is 1. The van der Waals surface area contributed by atoms with E-state index in [4.69, 9.17) is 4.52 Å². The number of benzene rings is 2. The molecule has 0 saturated heterocycles. The lowest BCUT2D eigenvalue weighted by molar-refractivity contribution is 0.101. The zero-order chi connectivity index (χ0) is 21.1. The summed E-state index contributed by atoms with van der Waals surface area (Å²) >= 11 is 2.84. The molecule has 0 spiro atoms. The Bertz CT molecular complexity index is 1210. The standard InChI is InChI=1S/C21H17FN4O2S2/c1-12-4-3-5-14(8-12)11-29-21-25-24-20(30-21)23-19(27)17-10-18(28-26-17)15-7-6-13(2)16(22)9-15/h3-10H,11H2,1-2H3,(H,23,24,27). The number of rotatable bonds is 6. The maximum atomic E-state index is 13.8. The number of nitrogens with one attached hydrogen (secondary N) is 1. The molecule has 0 fully saturated rings. The number of nitrogens with zero attached hydrogens (tertiary/aromatic N) is 3. The van der Waals surface area contributed by atoms with Gasteiger partial charge in [-0.15, -0.1) is 10.2 Å². The van der Waals surface area contributed by atoms with Crippen molar-refractivity contribution in [1.29, 1.82) is 0 Å². The summed E-state index contributed by atoms with van der Waals surface area (Å²) in [6.45, 7) is 3.73. The first-order valence-electron chi connectivity index (χ1n) is 9.04. The molecule has 0 aliphatic heterocycles. The van der Waals surface area contributed by atoms with E-state index in [0.29, 0.717) is 22.0 Å². The number of thioether (sulfide) groups is 1. The number of aromatic nitrogens is 3. The first kappa shape index (κ1) is 20.2. The molecule has 0 saturated carbocycles. The van der Waals surface area contributed by atoms with Gasteiger partial charge in [0.2, 0.25) is 5.13 Å². The molecule has 0 radical (unpaired) electrons. The Morgan fingerprint density at radius 3 is 2.83 bits per heavy atom. The monoisotopic (exact) mass is 440 g/mol. The van der Waals surface area contributed by atoms with Crippen LogP contribution < -0.4 is 5.32 Å². The maximum Gasteiger partial charge on any atom is 0.279 e. The Morgan fingerprint density at radius 2 is 2.03 bits per heavy atom. The van der Waals surface area contributed by atoms with Crippen LogP contribution in [0.3, 0.4) is 0 Å². The molecule has 0 atom stereocenters. The zero-order valence-electron chi connectivity index (χ0n) is 16.2. The fourth-order valence-corrected chi connectivity index (χ4v) is 4.38. The third-order valence-corrected chi connectivity index (χ3v) is 6.31. The van der Waals surface area contributed by atoms with Crippen LogP contribution in [0.1, 0.15) is 27.2 Å². The van der Waals surface area contributed by atoms with Crippen molar-refractivity contribution >= 4 is 34.1 Å². The highest BCUT2D eigenvalue weighted by atomic mass is 32.2. The molecule has 2 heterocycles. The second-order valence-corrected chi connectivity index (χ2v) is 8.85. The average molecular weight is 441 g/mol. The van der Waals surface area contributed by atoms with Crippen LogP contribution in [0, 0.1) is 19.7 Å². The molecule has 4 aromatic rings. The lowest BCUT2D eigenvalue weighted by atomic mass is 10.1. The van der Waals surface area contributed by atoms with Gasteiger partial charge in [0, 0.05) is 17.4 Å². The summed E-state index contributed by atoms with van der Waals surface area (Å²) in [5.41, 5.74) is 3.52. The van der Waals surface area contributed by atoms with Gasteiger partial charge in [-0.25, -0.2) is 4.39 Å².